The van der Waals surface area contributed by atoms with Crippen molar-refractivity contribution in [3.05, 3.63) is 23.8 Å². The zero-order valence-electron chi connectivity index (χ0n) is 12.2. The third kappa shape index (κ3) is 3.60. The first-order valence-corrected chi connectivity index (χ1v) is 8.48. The number of carbonyl (C=O) groups excluding carboxylic acids is 1. The standard InChI is InChI=1S/C15H21NO3S/c1-15(2,3)10-14(17)16-12-6-7-13-11(9-12)5-4-8-20(13,18)19/h6-7,9H,4-5,8,10H2,1-3H3,(H,16,17). The minimum Gasteiger partial charge on any atom is -0.326 e. The van der Waals surface area contributed by atoms with Crippen LogP contribution in [-0.2, 0) is 21.1 Å². The molecule has 1 aliphatic rings. The van der Waals surface area contributed by atoms with Gasteiger partial charge in [0.2, 0.25) is 5.91 Å². The number of hydrogen-bond donors (Lipinski definition) is 1. The molecule has 0 aliphatic carbocycles. The molecule has 0 saturated carbocycles. The second-order valence-electron chi connectivity index (χ2n) is 6.53. The monoisotopic (exact) mass is 295 g/mol. The number of amides is 1. The van der Waals surface area contributed by atoms with Gasteiger partial charge in [0.15, 0.2) is 9.84 Å². The summed E-state index contributed by atoms with van der Waals surface area (Å²) in [6.45, 7) is 6.02. The van der Waals surface area contributed by atoms with E-state index in [1.54, 1.807) is 18.2 Å². The quantitative estimate of drug-likeness (QED) is 0.912. The van der Waals surface area contributed by atoms with Gasteiger partial charge in [-0.05, 0) is 42.0 Å². The SMILES string of the molecule is CC(C)(C)CC(=O)Nc1ccc2c(c1)CCCS2(=O)=O. The van der Waals surface area contributed by atoms with E-state index < -0.39 is 9.84 Å². The molecule has 0 atom stereocenters. The van der Waals surface area contributed by atoms with Crippen molar-refractivity contribution in [2.75, 3.05) is 11.1 Å². The fourth-order valence-electron chi connectivity index (χ4n) is 2.41. The van der Waals surface area contributed by atoms with Gasteiger partial charge in [-0.3, -0.25) is 4.79 Å². The molecular formula is C15H21NO3S. The normalized spacial score (nSPS) is 17.4. The first-order chi connectivity index (χ1) is 9.17. The van der Waals surface area contributed by atoms with Crippen LogP contribution in [0, 0.1) is 5.41 Å². The zero-order chi connectivity index (χ0) is 15.0. The Hall–Kier alpha value is -1.36. The Kier molecular flexibility index (Phi) is 3.91. The number of carbonyl (C=O) groups is 1. The van der Waals surface area contributed by atoms with Gasteiger partial charge in [-0.1, -0.05) is 20.8 Å². The molecule has 4 nitrogen and oxygen atoms in total. The topological polar surface area (TPSA) is 63.2 Å². The summed E-state index contributed by atoms with van der Waals surface area (Å²) in [5.41, 5.74) is 1.42. The predicted molar refractivity (Wildman–Crippen MR) is 79.5 cm³/mol. The maximum Gasteiger partial charge on any atom is 0.224 e. The molecule has 0 radical (unpaired) electrons. The highest BCUT2D eigenvalue weighted by atomic mass is 32.2. The molecule has 0 unspecified atom stereocenters. The Morgan fingerprint density at radius 3 is 2.65 bits per heavy atom. The van der Waals surface area contributed by atoms with Crippen LogP contribution in [-0.4, -0.2) is 20.1 Å². The molecule has 110 valence electrons. The van der Waals surface area contributed by atoms with Gasteiger partial charge in [0, 0.05) is 12.1 Å². The molecule has 5 heteroatoms. The van der Waals surface area contributed by atoms with Gasteiger partial charge in [-0.2, -0.15) is 0 Å². The molecule has 20 heavy (non-hydrogen) atoms. The minimum absolute atomic E-state index is 0.0453. The molecule has 1 aromatic carbocycles. The van der Waals surface area contributed by atoms with E-state index in [2.05, 4.69) is 5.32 Å². The summed E-state index contributed by atoms with van der Waals surface area (Å²) in [7, 11) is -3.13. The molecule has 0 spiro atoms. The second-order valence-corrected chi connectivity index (χ2v) is 8.61. The van der Waals surface area contributed by atoms with Crippen molar-refractivity contribution in [2.45, 2.75) is 44.9 Å². The van der Waals surface area contributed by atoms with Gasteiger partial charge in [-0.15, -0.1) is 0 Å². The van der Waals surface area contributed by atoms with Gasteiger partial charge in [0.05, 0.1) is 10.6 Å². The zero-order valence-corrected chi connectivity index (χ0v) is 13.0. The number of fused-ring (bicyclic) bond motifs is 1. The summed E-state index contributed by atoms with van der Waals surface area (Å²) in [5.74, 6) is 0.173. The summed E-state index contributed by atoms with van der Waals surface area (Å²) in [4.78, 5) is 12.3. The van der Waals surface area contributed by atoms with Crippen molar-refractivity contribution in [1.29, 1.82) is 0 Å². The van der Waals surface area contributed by atoms with Gasteiger partial charge >= 0.3 is 0 Å². The molecular weight excluding hydrogens is 274 g/mol. The van der Waals surface area contributed by atoms with Crippen molar-refractivity contribution < 1.29 is 13.2 Å². The van der Waals surface area contributed by atoms with Crippen LogP contribution in [0.4, 0.5) is 5.69 Å². The van der Waals surface area contributed by atoms with Crippen LogP contribution in [0.25, 0.3) is 0 Å². The highest BCUT2D eigenvalue weighted by Gasteiger charge is 2.24. The first kappa shape index (κ1) is 15.0. The largest absolute Gasteiger partial charge is 0.326 e. The maximum atomic E-state index is 11.9. The summed E-state index contributed by atoms with van der Waals surface area (Å²) in [6.07, 6.45) is 1.83. The number of hydrogen-bond acceptors (Lipinski definition) is 3. The van der Waals surface area contributed by atoms with Gasteiger partial charge in [-0.25, -0.2) is 8.42 Å². The Labute approximate surface area is 120 Å². The molecule has 1 heterocycles. The number of rotatable bonds is 2. The van der Waals surface area contributed by atoms with Crippen molar-refractivity contribution in [3.8, 4) is 0 Å². The molecule has 0 bridgehead atoms. The van der Waals surface area contributed by atoms with E-state index in [9.17, 15) is 13.2 Å². The van der Waals surface area contributed by atoms with Gasteiger partial charge in [0.1, 0.15) is 0 Å². The molecule has 0 saturated heterocycles. The minimum atomic E-state index is -3.13. The van der Waals surface area contributed by atoms with E-state index in [4.69, 9.17) is 0 Å². The lowest BCUT2D eigenvalue weighted by Gasteiger charge is -2.19. The van der Waals surface area contributed by atoms with Crippen LogP contribution < -0.4 is 5.32 Å². The van der Waals surface area contributed by atoms with Crippen LogP contribution >= 0.6 is 0 Å². The number of nitrogens with one attached hydrogen (secondary N) is 1. The van der Waals surface area contributed by atoms with Crippen LogP contribution in [0.1, 0.15) is 39.2 Å². The number of anilines is 1. The Morgan fingerprint density at radius 2 is 2.00 bits per heavy atom. The molecule has 2 rings (SSSR count). The van der Waals surface area contributed by atoms with Crippen molar-refractivity contribution >= 4 is 21.4 Å². The number of sulfone groups is 1. The first-order valence-electron chi connectivity index (χ1n) is 6.83. The molecule has 1 N–H and O–H groups in total. The summed E-state index contributed by atoms with van der Waals surface area (Å²) in [5, 5.41) is 2.84. The van der Waals surface area contributed by atoms with E-state index in [1.165, 1.54) is 0 Å². The van der Waals surface area contributed by atoms with E-state index in [0.29, 0.717) is 23.4 Å². The van der Waals surface area contributed by atoms with Crippen LogP contribution in [0.5, 0.6) is 0 Å². The van der Waals surface area contributed by atoms with E-state index in [0.717, 1.165) is 12.0 Å². The third-order valence-electron chi connectivity index (χ3n) is 3.23. The van der Waals surface area contributed by atoms with Gasteiger partial charge < -0.3 is 5.32 Å². The second kappa shape index (κ2) is 5.20. The number of benzene rings is 1. The van der Waals surface area contributed by atoms with E-state index in [1.807, 2.05) is 20.8 Å². The number of aryl methyl sites for hydroxylation is 1. The van der Waals surface area contributed by atoms with Gasteiger partial charge in [0.25, 0.3) is 0 Å². The Morgan fingerprint density at radius 1 is 1.30 bits per heavy atom. The molecule has 1 amide bonds. The lowest BCUT2D eigenvalue weighted by Crippen LogP contribution is -2.20. The van der Waals surface area contributed by atoms with Crippen LogP contribution in [0.15, 0.2) is 23.1 Å². The summed E-state index contributed by atoms with van der Waals surface area (Å²) >= 11 is 0. The summed E-state index contributed by atoms with van der Waals surface area (Å²) < 4.78 is 23.8. The highest BCUT2D eigenvalue weighted by Crippen LogP contribution is 2.28. The average Bonchev–Trinajstić information content (AvgIpc) is 2.25. The molecule has 1 aromatic rings. The fourth-order valence-corrected chi connectivity index (χ4v) is 3.99. The van der Waals surface area contributed by atoms with E-state index >= 15 is 0 Å². The van der Waals surface area contributed by atoms with E-state index in [-0.39, 0.29) is 17.1 Å². The smallest absolute Gasteiger partial charge is 0.224 e. The maximum absolute atomic E-state index is 11.9. The Balaban J connectivity index is 2.18. The molecule has 1 aliphatic heterocycles. The lowest BCUT2D eigenvalue weighted by atomic mass is 9.92. The third-order valence-corrected chi connectivity index (χ3v) is 5.12. The van der Waals surface area contributed by atoms with Crippen molar-refractivity contribution in [2.24, 2.45) is 5.41 Å². The fraction of sp³-hybridized carbons (Fsp3) is 0.533. The highest BCUT2D eigenvalue weighted by molar-refractivity contribution is 7.91. The van der Waals surface area contributed by atoms with Crippen molar-refractivity contribution in [3.63, 3.8) is 0 Å². The predicted octanol–water partition coefficient (Wildman–Crippen LogP) is 2.78. The van der Waals surface area contributed by atoms with Crippen molar-refractivity contribution in [1.82, 2.24) is 0 Å². The Bertz CT molecular complexity index is 627. The summed E-state index contributed by atoms with van der Waals surface area (Å²) in [6, 6.07) is 5.06. The molecule has 0 fully saturated rings. The van der Waals surface area contributed by atoms with Crippen LogP contribution in [0.2, 0.25) is 0 Å². The average molecular weight is 295 g/mol. The lowest BCUT2D eigenvalue weighted by molar-refractivity contribution is -0.117. The molecule has 0 aromatic heterocycles. The van der Waals surface area contributed by atoms with Crippen LogP contribution in [0.3, 0.4) is 0 Å².